The maximum Gasteiger partial charge on any atom is 0.421 e. The van der Waals surface area contributed by atoms with Crippen molar-refractivity contribution in [3.63, 3.8) is 0 Å². The molecule has 0 aliphatic carbocycles. The van der Waals surface area contributed by atoms with Gasteiger partial charge in [-0.1, -0.05) is 31.2 Å². The normalized spacial score (nSPS) is 11.8. The Hall–Kier alpha value is -3.61. The zero-order valence-electron chi connectivity index (χ0n) is 19.2. The van der Waals surface area contributed by atoms with Crippen LogP contribution >= 0.6 is 0 Å². The Morgan fingerprint density at radius 1 is 1.09 bits per heavy atom. The standard InChI is InChI=1S/C22H23F3N6O3S/c1-4-18(32)15-7-5-14(6-8-15)11-19-28-12-16(22(23,24)25)20(30-19)29-13-17-21(27-10-9-26-17)31(2)35(3,33)34/h5-10,12H,4,11,13H2,1-3H3,(H,28,29,30). The number of carbonyl (C=O) groups excluding carboxylic acids is 1. The van der Waals surface area contributed by atoms with Crippen LogP contribution in [0.25, 0.3) is 0 Å². The number of aromatic nitrogens is 4. The molecule has 3 rings (SSSR count). The average Bonchev–Trinajstić information content (AvgIpc) is 2.81. The van der Waals surface area contributed by atoms with Gasteiger partial charge in [0.15, 0.2) is 11.6 Å². The van der Waals surface area contributed by atoms with Crippen molar-refractivity contribution in [2.24, 2.45) is 0 Å². The van der Waals surface area contributed by atoms with Crippen molar-refractivity contribution in [1.82, 2.24) is 19.9 Å². The molecule has 1 aromatic carbocycles. The molecule has 2 aromatic heterocycles. The minimum Gasteiger partial charge on any atom is -0.364 e. The number of rotatable bonds is 9. The molecule has 0 amide bonds. The van der Waals surface area contributed by atoms with E-state index in [2.05, 4.69) is 25.3 Å². The van der Waals surface area contributed by atoms with Gasteiger partial charge in [0, 0.05) is 44.0 Å². The molecule has 2 heterocycles. The molecular formula is C22H23F3N6O3S. The van der Waals surface area contributed by atoms with Crippen LogP contribution in [0.3, 0.4) is 0 Å². The summed E-state index contributed by atoms with van der Waals surface area (Å²) in [6.45, 7) is 1.49. The van der Waals surface area contributed by atoms with Gasteiger partial charge in [-0.3, -0.25) is 14.1 Å². The number of carbonyl (C=O) groups is 1. The van der Waals surface area contributed by atoms with E-state index in [1.165, 1.54) is 19.4 Å². The van der Waals surface area contributed by atoms with Crippen LogP contribution in [-0.4, -0.2) is 47.4 Å². The van der Waals surface area contributed by atoms with Crippen molar-refractivity contribution < 1.29 is 26.4 Å². The van der Waals surface area contributed by atoms with Gasteiger partial charge in [-0.2, -0.15) is 13.2 Å². The number of nitrogens with zero attached hydrogens (tertiary/aromatic N) is 5. The first-order valence-corrected chi connectivity index (χ1v) is 12.3. The lowest BCUT2D eigenvalue weighted by atomic mass is 10.0. The van der Waals surface area contributed by atoms with Crippen LogP contribution in [0.4, 0.5) is 24.8 Å². The van der Waals surface area contributed by atoms with Crippen molar-refractivity contribution in [3.05, 3.63) is 71.1 Å². The predicted octanol–water partition coefficient (Wildman–Crippen LogP) is 3.48. The molecule has 0 saturated heterocycles. The van der Waals surface area contributed by atoms with Gasteiger partial charge in [-0.15, -0.1) is 0 Å². The summed E-state index contributed by atoms with van der Waals surface area (Å²) in [5.41, 5.74) is 0.303. The van der Waals surface area contributed by atoms with Crippen LogP contribution in [0.2, 0.25) is 0 Å². The summed E-state index contributed by atoms with van der Waals surface area (Å²) >= 11 is 0. The molecule has 0 fully saturated rings. The molecule has 186 valence electrons. The number of nitrogens with one attached hydrogen (secondary N) is 1. The molecule has 9 nitrogen and oxygen atoms in total. The summed E-state index contributed by atoms with van der Waals surface area (Å²) in [6, 6.07) is 6.70. The van der Waals surface area contributed by atoms with Crippen LogP contribution in [0.1, 0.15) is 46.3 Å². The molecule has 0 aliphatic heterocycles. The zero-order chi connectivity index (χ0) is 25.8. The summed E-state index contributed by atoms with van der Waals surface area (Å²) in [5, 5.41) is 2.60. The lowest BCUT2D eigenvalue weighted by Crippen LogP contribution is -2.27. The second kappa shape index (κ2) is 10.3. The molecule has 0 aliphatic rings. The number of halogens is 3. The Labute approximate surface area is 200 Å². The first-order chi connectivity index (χ1) is 16.4. The smallest absolute Gasteiger partial charge is 0.364 e. The number of hydrogen-bond acceptors (Lipinski definition) is 8. The summed E-state index contributed by atoms with van der Waals surface area (Å²) in [7, 11) is -2.40. The van der Waals surface area contributed by atoms with Crippen LogP contribution in [0.15, 0.2) is 42.9 Å². The minimum absolute atomic E-state index is 0.0151. The van der Waals surface area contributed by atoms with Gasteiger partial charge in [0.05, 0.1) is 12.8 Å². The zero-order valence-corrected chi connectivity index (χ0v) is 20.0. The predicted molar refractivity (Wildman–Crippen MR) is 124 cm³/mol. The van der Waals surface area contributed by atoms with E-state index in [1.807, 2.05) is 0 Å². The summed E-state index contributed by atoms with van der Waals surface area (Å²) in [6.07, 6.45) is 0.0353. The number of alkyl halides is 3. The van der Waals surface area contributed by atoms with Gasteiger partial charge in [0.1, 0.15) is 22.9 Å². The van der Waals surface area contributed by atoms with Crippen molar-refractivity contribution in [2.45, 2.75) is 32.5 Å². The Balaban J connectivity index is 1.88. The SMILES string of the molecule is CCC(=O)c1ccc(Cc2ncc(C(F)(F)F)c(NCc3nccnc3N(C)S(C)(=O)=O)n2)cc1. The Morgan fingerprint density at radius 2 is 1.74 bits per heavy atom. The fourth-order valence-corrected chi connectivity index (χ4v) is 3.58. The highest BCUT2D eigenvalue weighted by molar-refractivity contribution is 7.92. The van der Waals surface area contributed by atoms with Gasteiger partial charge >= 0.3 is 6.18 Å². The lowest BCUT2D eigenvalue weighted by molar-refractivity contribution is -0.137. The molecule has 0 spiro atoms. The second-order valence-corrected chi connectivity index (χ2v) is 9.62. The third kappa shape index (κ3) is 6.50. The van der Waals surface area contributed by atoms with E-state index in [-0.39, 0.29) is 36.1 Å². The monoisotopic (exact) mass is 508 g/mol. The number of benzene rings is 1. The Morgan fingerprint density at radius 3 is 2.34 bits per heavy atom. The summed E-state index contributed by atoms with van der Waals surface area (Å²) in [5.74, 6) is -0.382. The average molecular weight is 509 g/mol. The van der Waals surface area contributed by atoms with Crippen molar-refractivity contribution >= 4 is 27.4 Å². The van der Waals surface area contributed by atoms with E-state index in [0.717, 1.165) is 10.6 Å². The van der Waals surface area contributed by atoms with Crippen LogP contribution in [0, 0.1) is 0 Å². The van der Waals surface area contributed by atoms with Crippen LogP contribution in [0.5, 0.6) is 0 Å². The number of hydrogen-bond donors (Lipinski definition) is 1. The molecule has 0 radical (unpaired) electrons. The topological polar surface area (TPSA) is 118 Å². The molecule has 35 heavy (non-hydrogen) atoms. The van der Waals surface area contributed by atoms with E-state index >= 15 is 0 Å². The number of anilines is 2. The van der Waals surface area contributed by atoms with Crippen LogP contribution < -0.4 is 9.62 Å². The fourth-order valence-electron chi connectivity index (χ4n) is 3.11. The van der Waals surface area contributed by atoms with E-state index < -0.39 is 27.6 Å². The second-order valence-electron chi connectivity index (χ2n) is 7.61. The maximum absolute atomic E-state index is 13.6. The van der Waals surface area contributed by atoms with Gasteiger partial charge in [0.2, 0.25) is 10.0 Å². The molecule has 0 saturated carbocycles. The highest BCUT2D eigenvalue weighted by atomic mass is 32.2. The molecule has 0 bridgehead atoms. The third-order valence-electron chi connectivity index (χ3n) is 5.07. The Bertz CT molecular complexity index is 1310. The van der Waals surface area contributed by atoms with Crippen molar-refractivity contribution in [1.29, 1.82) is 0 Å². The quantitative estimate of drug-likeness (QED) is 0.437. The van der Waals surface area contributed by atoms with Gasteiger partial charge < -0.3 is 5.32 Å². The molecule has 3 aromatic rings. The number of ketones is 1. The van der Waals surface area contributed by atoms with E-state index in [4.69, 9.17) is 0 Å². The number of Topliss-reactive ketones (excluding diaryl/α,β-unsaturated/α-hetero) is 1. The molecular weight excluding hydrogens is 485 g/mol. The first kappa shape index (κ1) is 26.0. The lowest BCUT2D eigenvalue weighted by Gasteiger charge is -2.19. The van der Waals surface area contributed by atoms with E-state index in [9.17, 15) is 26.4 Å². The summed E-state index contributed by atoms with van der Waals surface area (Å²) in [4.78, 5) is 27.7. The molecule has 0 unspecified atom stereocenters. The highest BCUT2D eigenvalue weighted by Crippen LogP contribution is 2.34. The Kier molecular flexibility index (Phi) is 7.68. The number of sulfonamides is 1. The van der Waals surface area contributed by atoms with Crippen LogP contribution in [-0.2, 0) is 29.2 Å². The first-order valence-electron chi connectivity index (χ1n) is 10.4. The minimum atomic E-state index is -4.72. The van der Waals surface area contributed by atoms with Gasteiger partial charge in [0.25, 0.3) is 0 Å². The van der Waals surface area contributed by atoms with Crippen molar-refractivity contribution in [2.75, 3.05) is 22.9 Å². The maximum atomic E-state index is 13.6. The highest BCUT2D eigenvalue weighted by Gasteiger charge is 2.35. The van der Waals surface area contributed by atoms with E-state index in [1.54, 1.807) is 31.2 Å². The molecule has 1 N–H and O–H groups in total. The third-order valence-corrected chi connectivity index (χ3v) is 6.24. The molecule has 13 heteroatoms. The fraction of sp³-hybridized carbons (Fsp3) is 0.318. The summed E-state index contributed by atoms with van der Waals surface area (Å²) < 4.78 is 65.4. The van der Waals surface area contributed by atoms with Gasteiger partial charge in [-0.05, 0) is 5.56 Å². The largest absolute Gasteiger partial charge is 0.421 e. The van der Waals surface area contributed by atoms with E-state index in [0.29, 0.717) is 23.7 Å². The molecule has 0 atom stereocenters. The van der Waals surface area contributed by atoms with Crippen molar-refractivity contribution in [3.8, 4) is 0 Å². The van der Waals surface area contributed by atoms with Gasteiger partial charge in [-0.25, -0.2) is 23.4 Å².